The van der Waals surface area contributed by atoms with Gasteiger partial charge in [-0.25, -0.2) is 4.98 Å². The van der Waals surface area contributed by atoms with Gasteiger partial charge in [0.2, 0.25) is 0 Å². The van der Waals surface area contributed by atoms with Gasteiger partial charge in [-0.15, -0.1) is 0 Å². The molecule has 22 heavy (non-hydrogen) atoms. The molecule has 0 radical (unpaired) electrons. The number of pyridine rings is 1. The highest BCUT2D eigenvalue weighted by Gasteiger charge is 2.27. The van der Waals surface area contributed by atoms with Gasteiger partial charge in [0.1, 0.15) is 13.2 Å². The van der Waals surface area contributed by atoms with E-state index in [0.717, 1.165) is 29.0 Å². The van der Waals surface area contributed by atoms with Crippen LogP contribution in [-0.4, -0.2) is 67.3 Å². The fraction of sp³-hybridized carbons (Fsp3) is 0.688. The number of hydrogen-bond donors (Lipinski definition) is 0. The molecular weight excluding hydrogens is 346 g/mol. The third-order valence-corrected chi connectivity index (χ3v) is 5.61. The quantitative estimate of drug-likeness (QED) is 0.769. The van der Waals surface area contributed by atoms with Crippen LogP contribution in [0.2, 0.25) is 0 Å². The summed E-state index contributed by atoms with van der Waals surface area (Å²) < 4.78 is 12.9. The molecule has 0 spiro atoms. The Morgan fingerprint density at radius 3 is 2.23 bits per heavy atom. The molecule has 0 aromatic carbocycles. The first-order chi connectivity index (χ1) is 10.5. The molecule has 122 valence electrons. The third-order valence-electron chi connectivity index (χ3n) is 4.80. The average molecular weight is 370 g/mol. The van der Waals surface area contributed by atoms with Gasteiger partial charge >= 0.3 is 0 Å². The van der Waals surface area contributed by atoms with E-state index in [-0.39, 0.29) is 0 Å². The average Bonchev–Trinajstić information content (AvgIpc) is 2.48. The molecule has 2 atom stereocenters. The molecule has 2 saturated heterocycles. The number of likely N-dealkylation sites (tertiary alicyclic amines) is 2. The molecule has 0 amide bonds. The summed E-state index contributed by atoms with van der Waals surface area (Å²) in [6.45, 7) is 5.63. The molecule has 2 fully saturated rings. The number of hydrogen-bond acceptors (Lipinski definition) is 5. The molecule has 1 aromatic rings. The van der Waals surface area contributed by atoms with Crippen LogP contribution in [0.5, 0.6) is 11.6 Å². The Hall–Kier alpha value is -0.850. The molecule has 6 heteroatoms. The van der Waals surface area contributed by atoms with Crippen molar-refractivity contribution in [1.29, 1.82) is 0 Å². The van der Waals surface area contributed by atoms with Gasteiger partial charge < -0.3 is 9.47 Å². The van der Waals surface area contributed by atoms with Crippen LogP contribution in [0, 0.1) is 6.92 Å². The van der Waals surface area contributed by atoms with Gasteiger partial charge in [-0.3, -0.25) is 9.80 Å². The molecule has 0 unspecified atom stereocenters. The maximum absolute atomic E-state index is 5.99. The summed E-state index contributed by atoms with van der Waals surface area (Å²) in [5, 5.41) is 0. The van der Waals surface area contributed by atoms with E-state index in [4.69, 9.17) is 9.47 Å². The van der Waals surface area contributed by atoms with E-state index >= 15 is 0 Å². The van der Waals surface area contributed by atoms with Crippen LogP contribution < -0.4 is 9.47 Å². The molecule has 0 aliphatic carbocycles. The summed E-state index contributed by atoms with van der Waals surface area (Å²) in [7, 11) is 4.26. The van der Waals surface area contributed by atoms with E-state index in [0.29, 0.717) is 31.2 Å². The Bertz CT molecular complexity index is 493. The molecule has 1 aromatic heterocycles. The standard InChI is InChI=1S/C16H24BrN3O2/c1-11-14(17)8-15(21-9-12-4-6-19(12)2)16(18-11)22-10-13-5-7-20(13)3/h8,12-13H,4-7,9-10H2,1-3H3/t12-,13-/m0/s1. The van der Waals surface area contributed by atoms with E-state index < -0.39 is 0 Å². The van der Waals surface area contributed by atoms with Crippen molar-refractivity contribution < 1.29 is 9.47 Å². The highest BCUT2D eigenvalue weighted by molar-refractivity contribution is 9.10. The number of aryl methyl sites for hydroxylation is 1. The largest absolute Gasteiger partial charge is 0.486 e. The molecule has 3 heterocycles. The Labute approximate surface area is 140 Å². The van der Waals surface area contributed by atoms with Crippen molar-refractivity contribution in [3.63, 3.8) is 0 Å². The lowest BCUT2D eigenvalue weighted by Gasteiger charge is -2.38. The molecule has 0 saturated carbocycles. The van der Waals surface area contributed by atoms with Crippen LogP contribution in [0.25, 0.3) is 0 Å². The minimum Gasteiger partial charge on any atom is -0.486 e. The van der Waals surface area contributed by atoms with Gasteiger partial charge in [0.05, 0.1) is 5.69 Å². The van der Waals surface area contributed by atoms with Gasteiger partial charge in [0.25, 0.3) is 5.88 Å². The monoisotopic (exact) mass is 369 g/mol. The number of likely N-dealkylation sites (N-methyl/N-ethyl adjacent to an activating group) is 2. The van der Waals surface area contributed by atoms with Gasteiger partial charge in [-0.1, -0.05) is 0 Å². The van der Waals surface area contributed by atoms with Gasteiger partial charge in [0.15, 0.2) is 5.75 Å². The van der Waals surface area contributed by atoms with Crippen LogP contribution in [0.4, 0.5) is 0 Å². The summed E-state index contributed by atoms with van der Waals surface area (Å²) >= 11 is 3.53. The van der Waals surface area contributed by atoms with Crippen LogP contribution in [0.3, 0.4) is 0 Å². The van der Waals surface area contributed by atoms with E-state index in [9.17, 15) is 0 Å². The predicted octanol–water partition coefficient (Wildman–Crippen LogP) is 2.32. The van der Waals surface area contributed by atoms with Gasteiger partial charge in [0, 0.05) is 22.6 Å². The van der Waals surface area contributed by atoms with Gasteiger partial charge in [-0.05, 0) is 62.9 Å². The Kier molecular flexibility index (Phi) is 4.90. The minimum absolute atomic E-state index is 0.497. The number of ether oxygens (including phenoxy) is 2. The molecular formula is C16H24BrN3O2. The maximum Gasteiger partial charge on any atom is 0.257 e. The van der Waals surface area contributed by atoms with E-state index in [1.807, 2.05) is 13.0 Å². The number of aromatic nitrogens is 1. The third kappa shape index (κ3) is 3.39. The maximum atomic E-state index is 5.99. The van der Waals surface area contributed by atoms with Crippen molar-refractivity contribution in [1.82, 2.24) is 14.8 Å². The van der Waals surface area contributed by atoms with Gasteiger partial charge in [-0.2, -0.15) is 0 Å². The van der Waals surface area contributed by atoms with E-state index in [1.54, 1.807) is 0 Å². The zero-order valence-corrected chi connectivity index (χ0v) is 15.1. The smallest absolute Gasteiger partial charge is 0.257 e. The zero-order valence-electron chi connectivity index (χ0n) is 13.5. The molecule has 5 nitrogen and oxygen atoms in total. The second-order valence-corrected chi connectivity index (χ2v) is 7.18. The summed E-state index contributed by atoms with van der Waals surface area (Å²) in [5.41, 5.74) is 0.921. The van der Waals surface area contributed by atoms with Crippen molar-refractivity contribution in [3.05, 3.63) is 16.2 Å². The normalized spacial score (nSPS) is 25.5. The Morgan fingerprint density at radius 2 is 1.73 bits per heavy atom. The SMILES string of the molecule is Cc1nc(OC[C@@H]2CCN2C)c(OC[C@@H]2CCN2C)cc1Br. The molecule has 3 rings (SSSR count). The highest BCUT2D eigenvalue weighted by atomic mass is 79.9. The van der Waals surface area contributed by atoms with Crippen molar-refractivity contribution in [2.24, 2.45) is 0 Å². The Balaban J connectivity index is 1.64. The van der Waals surface area contributed by atoms with Crippen LogP contribution in [-0.2, 0) is 0 Å². The van der Waals surface area contributed by atoms with E-state index in [1.165, 1.54) is 12.8 Å². The number of nitrogens with zero attached hydrogens (tertiary/aromatic N) is 3. The number of halogens is 1. The lowest BCUT2D eigenvalue weighted by atomic mass is 10.1. The summed E-state index contributed by atoms with van der Waals surface area (Å²) in [5.74, 6) is 1.35. The van der Waals surface area contributed by atoms with Crippen molar-refractivity contribution in [2.45, 2.75) is 31.8 Å². The summed E-state index contributed by atoms with van der Waals surface area (Å²) in [6, 6.07) is 2.97. The van der Waals surface area contributed by atoms with Crippen LogP contribution in [0.15, 0.2) is 10.5 Å². The number of rotatable bonds is 6. The Morgan fingerprint density at radius 1 is 1.14 bits per heavy atom. The zero-order chi connectivity index (χ0) is 15.7. The van der Waals surface area contributed by atoms with Crippen LogP contribution >= 0.6 is 15.9 Å². The van der Waals surface area contributed by atoms with Crippen LogP contribution in [0.1, 0.15) is 18.5 Å². The van der Waals surface area contributed by atoms with Crippen molar-refractivity contribution >= 4 is 15.9 Å². The molecule has 2 aliphatic heterocycles. The predicted molar refractivity (Wildman–Crippen MR) is 89.7 cm³/mol. The molecule has 2 aliphatic rings. The van der Waals surface area contributed by atoms with E-state index in [2.05, 4.69) is 44.8 Å². The topological polar surface area (TPSA) is 37.8 Å². The first kappa shape index (κ1) is 16.0. The highest BCUT2D eigenvalue weighted by Crippen LogP contribution is 2.32. The second kappa shape index (κ2) is 6.72. The first-order valence-electron chi connectivity index (χ1n) is 7.88. The first-order valence-corrected chi connectivity index (χ1v) is 8.67. The molecule has 0 N–H and O–H groups in total. The fourth-order valence-electron chi connectivity index (χ4n) is 2.67. The van der Waals surface area contributed by atoms with Crippen molar-refractivity contribution in [2.75, 3.05) is 40.4 Å². The molecule has 0 bridgehead atoms. The summed E-state index contributed by atoms with van der Waals surface area (Å²) in [6.07, 6.45) is 2.38. The summed E-state index contributed by atoms with van der Waals surface area (Å²) in [4.78, 5) is 9.15. The lowest BCUT2D eigenvalue weighted by Crippen LogP contribution is -2.48. The second-order valence-electron chi connectivity index (χ2n) is 6.33. The van der Waals surface area contributed by atoms with Crippen molar-refractivity contribution in [3.8, 4) is 11.6 Å². The lowest BCUT2D eigenvalue weighted by molar-refractivity contribution is 0.0645. The minimum atomic E-state index is 0.497. The fourth-order valence-corrected chi connectivity index (χ4v) is 2.97.